The third-order valence-corrected chi connectivity index (χ3v) is 5.41. The minimum Gasteiger partial charge on any atom is -0.494 e. The summed E-state index contributed by atoms with van der Waals surface area (Å²) in [6.07, 6.45) is 2.50. The lowest BCUT2D eigenvalue weighted by Crippen LogP contribution is -2.48. The van der Waals surface area contributed by atoms with E-state index in [1.165, 1.54) is 0 Å². The van der Waals surface area contributed by atoms with Crippen LogP contribution in [0.1, 0.15) is 65.9 Å². The number of esters is 1. The monoisotopic (exact) mass is 447 g/mol. The van der Waals surface area contributed by atoms with Gasteiger partial charge in [0.15, 0.2) is 0 Å². The van der Waals surface area contributed by atoms with Gasteiger partial charge in [0.1, 0.15) is 17.4 Å². The number of nitrogens with one attached hydrogen (secondary N) is 1. The number of benzene rings is 1. The topological polar surface area (TPSA) is 102 Å². The molecule has 2 N–H and O–H groups in total. The second-order valence-electron chi connectivity index (χ2n) is 9.97. The normalized spacial score (nSPS) is 22.9. The molecule has 1 aromatic rings. The molecule has 2 aliphatic heterocycles. The average Bonchev–Trinajstić information content (AvgIpc) is 2.68. The predicted molar refractivity (Wildman–Crippen MR) is 121 cm³/mol. The largest absolute Gasteiger partial charge is 0.494 e. The van der Waals surface area contributed by atoms with E-state index in [4.69, 9.17) is 9.47 Å². The van der Waals surface area contributed by atoms with E-state index in [-0.39, 0.29) is 12.3 Å². The van der Waals surface area contributed by atoms with Crippen molar-refractivity contribution in [3.05, 3.63) is 29.8 Å². The highest BCUT2D eigenvalue weighted by molar-refractivity contribution is 5.88. The summed E-state index contributed by atoms with van der Waals surface area (Å²) in [5.41, 5.74) is 0.104. The van der Waals surface area contributed by atoms with Crippen molar-refractivity contribution in [1.29, 1.82) is 0 Å². The highest BCUT2D eigenvalue weighted by atomic mass is 16.6. The van der Waals surface area contributed by atoms with Gasteiger partial charge in [-0.05, 0) is 70.1 Å². The molecule has 3 atom stereocenters. The van der Waals surface area contributed by atoms with Crippen LogP contribution in [0.25, 0.3) is 0 Å². The van der Waals surface area contributed by atoms with Crippen molar-refractivity contribution in [2.75, 3.05) is 6.61 Å². The number of ether oxygens (including phenoxy) is 2. The Kier molecular flexibility index (Phi) is 9.10. The van der Waals surface area contributed by atoms with E-state index >= 15 is 0 Å². The van der Waals surface area contributed by atoms with Crippen LogP contribution in [0.5, 0.6) is 5.75 Å². The predicted octanol–water partition coefficient (Wildman–Crippen LogP) is 3.98. The number of aliphatic carboxylic acids is 1. The zero-order valence-electron chi connectivity index (χ0n) is 19.8. The molecule has 0 aromatic heterocycles. The number of hydrogen-bond donors (Lipinski definition) is 2. The fourth-order valence-corrected chi connectivity index (χ4v) is 3.92. The van der Waals surface area contributed by atoms with Crippen LogP contribution < -0.4 is 10.1 Å². The molecule has 0 radical (unpaired) electrons. The van der Waals surface area contributed by atoms with Crippen LogP contribution >= 0.6 is 0 Å². The van der Waals surface area contributed by atoms with Gasteiger partial charge < -0.3 is 19.9 Å². The zero-order valence-corrected chi connectivity index (χ0v) is 19.8. The van der Waals surface area contributed by atoms with Gasteiger partial charge in [-0.15, -0.1) is 0 Å². The lowest BCUT2D eigenvalue weighted by atomic mass is 9.81. The van der Waals surface area contributed by atoms with Gasteiger partial charge in [-0.1, -0.05) is 26.0 Å². The fourth-order valence-electron chi connectivity index (χ4n) is 3.92. The molecule has 1 amide bonds. The lowest BCUT2D eigenvalue weighted by molar-refractivity contribution is -0.164. The number of amides is 1. The van der Waals surface area contributed by atoms with Gasteiger partial charge in [0.25, 0.3) is 0 Å². The molecule has 0 aliphatic carbocycles. The molecule has 3 rings (SSSR count). The van der Waals surface area contributed by atoms with Gasteiger partial charge in [-0.3, -0.25) is 9.59 Å². The lowest BCUT2D eigenvalue weighted by Gasteiger charge is -2.30. The maximum absolute atomic E-state index is 13.3. The molecular formula is C25H37NO6. The molecule has 2 bridgehead atoms. The van der Waals surface area contributed by atoms with Crippen LogP contribution in [-0.2, 0) is 25.5 Å². The molecular weight excluding hydrogens is 410 g/mol. The van der Waals surface area contributed by atoms with Crippen molar-refractivity contribution in [1.82, 2.24) is 5.32 Å². The number of carbonyl (C=O) groups excluding carboxylic acids is 2. The maximum Gasteiger partial charge on any atom is 0.326 e. The molecule has 7 nitrogen and oxygen atoms in total. The summed E-state index contributed by atoms with van der Waals surface area (Å²) in [6.45, 7) is 9.87. The smallest absolute Gasteiger partial charge is 0.326 e. The number of rotatable bonds is 4. The van der Waals surface area contributed by atoms with E-state index in [9.17, 15) is 19.5 Å². The molecule has 0 saturated carbocycles. The third kappa shape index (κ3) is 8.17. The molecule has 0 saturated heterocycles. The Bertz CT molecular complexity index is 781. The molecule has 1 aromatic carbocycles. The van der Waals surface area contributed by atoms with Crippen molar-refractivity contribution >= 4 is 17.8 Å². The first kappa shape index (κ1) is 25.7. The third-order valence-electron chi connectivity index (χ3n) is 5.41. The summed E-state index contributed by atoms with van der Waals surface area (Å²) < 4.78 is 11.4. The zero-order chi connectivity index (χ0) is 23.9. The second-order valence-corrected chi connectivity index (χ2v) is 9.97. The minimum atomic E-state index is -1.11. The van der Waals surface area contributed by atoms with E-state index < -0.39 is 41.3 Å². The summed E-state index contributed by atoms with van der Waals surface area (Å²) in [7, 11) is 0. The summed E-state index contributed by atoms with van der Waals surface area (Å²) in [5, 5.41) is 12.4. The first-order valence-electron chi connectivity index (χ1n) is 11.4. The summed E-state index contributed by atoms with van der Waals surface area (Å²) in [5.74, 6) is -2.39. The van der Waals surface area contributed by atoms with E-state index in [0.29, 0.717) is 31.6 Å². The van der Waals surface area contributed by atoms with Crippen LogP contribution in [-0.4, -0.2) is 41.2 Å². The van der Waals surface area contributed by atoms with Crippen LogP contribution in [0.3, 0.4) is 0 Å². The molecule has 0 fully saturated rings. The van der Waals surface area contributed by atoms with Crippen molar-refractivity contribution < 1.29 is 29.0 Å². The van der Waals surface area contributed by atoms with Crippen molar-refractivity contribution in [3.8, 4) is 5.75 Å². The highest BCUT2D eigenvalue weighted by Crippen LogP contribution is 2.29. The first-order valence-corrected chi connectivity index (χ1v) is 11.4. The minimum absolute atomic E-state index is 0.146. The number of fused-ring (bicyclic) bond motifs is 12. The summed E-state index contributed by atoms with van der Waals surface area (Å²) in [6, 6.07) is 6.15. The molecule has 2 heterocycles. The Labute approximate surface area is 190 Å². The fraction of sp³-hybridized carbons (Fsp3) is 0.640. The number of hydrogen-bond acceptors (Lipinski definition) is 5. The number of carboxylic acid groups (broad SMARTS) is 1. The second kappa shape index (κ2) is 11.3. The quantitative estimate of drug-likeness (QED) is 0.677. The number of carbonyl (C=O) groups is 3. The Hall–Kier alpha value is -2.57. The van der Waals surface area contributed by atoms with E-state index in [2.05, 4.69) is 5.32 Å². The molecule has 178 valence electrons. The van der Waals surface area contributed by atoms with Crippen molar-refractivity contribution in [2.45, 2.75) is 78.4 Å². The Morgan fingerprint density at radius 1 is 1.19 bits per heavy atom. The van der Waals surface area contributed by atoms with Gasteiger partial charge >= 0.3 is 11.9 Å². The van der Waals surface area contributed by atoms with E-state index in [1.807, 2.05) is 26.0 Å². The Balaban J connectivity index is 2.37. The van der Waals surface area contributed by atoms with E-state index in [0.717, 1.165) is 12.0 Å². The number of carboxylic acids is 1. The summed E-state index contributed by atoms with van der Waals surface area (Å²) >= 11 is 0. The maximum atomic E-state index is 13.3. The van der Waals surface area contributed by atoms with Gasteiger partial charge in [0.05, 0.1) is 18.4 Å². The van der Waals surface area contributed by atoms with Gasteiger partial charge in [-0.2, -0.15) is 0 Å². The van der Waals surface area contributed by atoms with Crippen molar-refractivity contribution in [2.24, 2.45) is 17.8 Å². The molecule has 0 unspecified atom stereocenters. The molecule has 7 heteroatoms. The SMILES string of the molecule is CC(C)C[C@H]1C(=O)N[C@H](C(=O)O)Cc2ccc(cc2)OCCCC[C@H]1C(=O)OC(C)(C)C. The van der Waals surface area contributed by atoms with Crippen LogP contribution in [0.2, 0.25) is 0 Å². The molecule has 2 aliphatic rings. The first-order chi connectivity index (χ1) is 15.0. The van der Waals surface area contributed by atoms with Crippen LogP contribution in [0.15, 0.2) is 24.3 Å². The van der Waals surface area contributed by atoms with E-state index in [1.54, 1.807) is 32.9 Å². The molecule has 32 heavy (non-hydrogen) atoms. The standard InChI is InChI=1S/C25H37NO6/c1-16(2)14-20-19(24(30)32-25(3,4)5)8-6-7-13-31-18-11-9-17(10-12-18)15-21(23(28)29)26-22(20)27/h9-12,16,19-21H,6-8,13-15H2,1-5H3,(H,26,27)(H,28,29)/t19-,20-,21+/m1/s1. The Morgan fingerprint density at radius 3 is 2.41 bits per heavy atom. The highest BCUT2D eigenvalue weighted by Gasteiger charge is 2.38. The van der Waals surface area contributed by atoms with Crippen LogP contribution in [0.4, 0.5) is 0 Å². The van der Waals surface area contributed by atoms with Gasteiger partial charge in [0, 0.05) is 6.42 Å². The average molecular weight is 448 g/mol. The Morgan fingerprint density at radius 2 is 1.84 bits per heavy atom. The summed E-state index contributed by atoms with van der Waals surface area (Å²) in [4.78, 5) is 38.3. The van der Waals surface area contributed by atoms with Crippen LogP contribution in [0, 0.1) is 17.8 Å². The van der Waals surface area contributed by atoms with Gasteiger partial charge in [-0.25, -0.2) is 4.79 Å². The molecule has 0 spiro atoms. The van der Waals surface area contributed by atoms with Crippen molar-refractivity contribution in [3.63, 3.8) is 0 Å². The van der Waals surface area contributed by atoms with Gasteiger partial charge in [0.2, 0.25) is 5.91 Å².